The van der Waals surface area contributed by atoms with Gasteiger partial charge in [-0.25, -0.2) is 0 Å². The highest BCUT2D eigenvalue weighted by atomic mass is 16.2. The van der Waals surface area contributed by atoms with Crippen molar-refractivity contribution in [1.29, 1.82) is 0 Å². The van der Waals surface area contributed by atoms with Crippen LogP contribution in [0.1, 0.15) is 63.1 Å². The van der Waals surface area contributed by atoms with Crippen LogP contribution in [0.3, 0.4) is 0 Å². The van der Waals surface area contributed by atoms with Gasteiger partial charge in [0.25, 0.3) is 11.8 Å². The van der Waals surface area contributed by atoms with Gasteiger partial charge in [0.1, 0.15) is 6.04 Å². The van der Waals surface area contributed by atoms with E-state index in [1.807, 2.05) is 6.07 Å². The topological polar surface area (TPSA) is 113 Å². The zero-order valence-electron chi connectivity index (χ0n) is 19.0. The molecule has 0 saturated carbocycles. The van der Waals surface area contributed by atoms with Crippen molar-refractivity contribution in [1.82, 2.24) is 10.2 Å². The minimum atomic E-state index is -0.950. The summed E-state index contributed by atoms with van der Waals surface area (Å²) in [6, 6.07) is 10.8. The van der Waals surface area contributed by atoms with Crippen molar-refractivity contribution >= 4 is 29.3 Å². The van der Waals surface area contributed by atoms with Crippen LogP contribution in [0.5, 0.6) is 0 Å². The summed E-state index contributed by atoms with van der Waals surface area (Å²) in [5.74, 6) is -1.93. The van der Waals surface area contributed by atoms with Gasteiger partial charge >= 0.3 is 0 Å². The van der Waals surface area contributed by atoms with Crippen LogP contribution in [-0.2, 0) is 29.0 Å². The molecule has 5 rings (SSSR count). The van der Waals surface area contributed by atoms with Gasteiger partial charge in [-0.1, -0.05) is 18.2 Å². The molecule has 2 aromatic rings. The fourth-order valence-electron chi connectivity index (χ4n) is 5.30. The number of imide groups is 2. The van der Waals surface area contributed by atoms with E-state index < -0.39 is 23.8 Å². The number of aryl methyl sites for hydroxylation is 1. The maximum absolute atomic E-state index is 13.1. The van der Waals surface area contributed by atoms with Crippen LogP contribution in [-0.4, -0.2) is 47.7 Å². The molecule has 176 valence electrons. The normalized spacial score (nSPS) is 19.9. The number of fused-ring (bicyclic) bond motifs is 2. The lowest BCUT2D eigenvalue weighted by Gasteiger charge is -2.33. The molecule has 2 aromatic carbocycles. The Labute approximate surface area is 198 Å². The molecule has 3 aliphatic heterocycles. The van der Waals surface area contributed by atoms with Gasteiger partial charge in [0.2, 0.25) is 11.8 Å². The predicted octanol–water partition coefficient (Wildman–Crippen LogP) is 1.93. The molecule has 0 aromatic heterocycles. The van der Waals surface area contributed by atoms with Gasteiger partial charge in [0, 0.05) is 25.2 Å². The summed E-state index contributed by atoms with van der Waals surface area (Å²) in [7, 11) is 0. The van der Waals surface area contributed by atoms with E-state index in [9.17, 15) is 19.2 Å². The molecule has 3 heterocycles. The summed E-state index contributed by atoms with van der Waals surface area (Å²) in [5.41, 5.74) is 11.2. The first-order chi connectivity index (χ1) is 16.5. The molecule has 0 aliphatic carbocycles. The zero-order valence-corrected chi connectivity index (χ0v) is 19.0. The Balaban J connectivity index is 1.38. The number of carbonyl (C=O) groups is 4. The highest BCUT2D eigenvalue weighted by Crippen LogP contribution is 2.33. The predicted molar refractivity (Wildman–Crippen MR) is 126 cm³/mol. The average Bonchev–Trinajstić information content (AvgIpc) is 3.07. The van der Waals surface area contributed by atoms with Crippen LogP contribution in [0.15, 0.2) is 36.4 Å². The molecule has 8 nitrogen and oxygen atoms in total. The fourth-order valence-corrected chi connectivity index (χ4v) is 5.30. The molecule has 1 saturated heterocycles. The van der Waals surface area contributed by atoms with Gasteiger partial charge in [0.15, 0.2) is 0 Å². The largest absolute Gasteiger partial charge is 0.367 e. The third kappa shape index (κ3) is 3.88. The van der Waals surface area contributed by atoms with Crippen molar-refractivity contribution < 1.29 is 19.2 Å². The molecule has 0 bridgehead atoms. The first-order valence-corrected chi connectivity index (χ1v) is 11.9. The number of piperidine rings is 1. The summed E-state index contributed by atoms with van der Waals surface area (Å²) >= 11 is 0. The number of anilines is 1. The highest BCUT2D eigenvalue weighted by Gasteiger charge is 2.44. The molecule has 1 unspecified atom stereocenters. The second-order valence-corrected chi connectivity index (χ2v) is 9.16. The van der Waals surface area contributed by atoms with E-state index >= 15 is 0 Å². The SMILES string of the molecule is NCCCc1cccc2c1CCCN2Cc1ccc2c(c1)C(=O)N(C1CCC(=O)NC1=O)C2=O. The average molecular weight is 461 g/mol. The van der Waals surface area contributed by atoms with Gasteiger partial charge in [-0.3, -0.25) is 29.4 Å². The summed E-state index contributed by atoms with van der Waals surface area (Å²) in [6.07, 6.45) is 4.29. The number of nitrogens with two attached hydrogens (primary N) is 1. The van der Waals surface area contributed by atoms with Crippen LogP contribution in [0.25, 0.3) is 0 Å². The van der Waals surface area contributed by atoms with Gasteiger partial charge in [-0.2, -0.15) is 0 Å². The number of hydrogen-bond donors (Lipinski definition) is 2. The molecular formula is C26H28N4O4. The van der Waals surface area contributed by atoms with E-state index in [0.717, 1.165) is 42.7 Å². The Kier molecular flexibility index (Phi) is 5.91. The second-order valence-electron chi connectivity index (χ2n) is 9.16. The van der Waals surface area contributed by atoms with E-state index in [1.54, 1.807) is 12.1 Å². The Bertz CT molecular complexity index is 1190. The van der Waals surface area contributed by atoms with Gasteiger partial charge in [-0.05, 0) is 73.5 Å². The van der Waals surface area contributed by atoms with Gasteiger partial charge in [-0.15, -0.1) is 0 Å². The lowest BCUT2D eigenvalue weighted by Crippen LogP contribution is -2.54. The van der Waals surface area contributed by atoms with Crippen molar-refractivity contribution in [3.63, 3.8) is 0 Å². The van der Waals surface area contributed by atoms with Gasteiger partial charge < -0.3 is 10.6 Å². The lowest BCUT2D eigenvalue weighted by molar-refractivity contribution is -0.136. The fraction of sp³-hybridized carbons (Fsp3) is 0.385. The molecule has 0 radical (unpaired) electrons. The maximum atomic E-state index is 13.1. The highest BCUT2D eigenvalue weighted by molar-refractivity contribution is 6.23. The van der Waals surface area contributed by atoms with Crippen LogP contribution >= 0.6 is 0 Å². The number of carbonyl (C=O) groups excluding carboxylic acids is 4. The molecular weight excluding hydrogens is 432 g/mol. The van der Waals surface area contributed by atoms with Crippen molar-refractivity contribution in [2.24, 2.45) is 5.73 Å². The minimum absolute atomic E-state index is 0.108. The summed E-state index contributed by atoms with van der Waals surface area (Å²) < 4.78 is 0. The Morgan fingerprint density at radius 2 is 1.82 bits per heavy atom. The van der Waals surface area contributed by atoms with E-state index in [-0.39, 0.29) is 18.7 Å². The maximum Gasteiger partial charge on any atom is 0.262 e. The second kappa shape index (κ2) is 9.02. The number of amides is 4. The first-order valence-electron chi connectivity index (χ1n) is 11.9. The Hall–Kier alpha value is -3.52. The van der Waals surface area contributed by atoms with Gasteiger partial charge in [0.05, 0.1) is 11.1 Å². The van der Waals surface area contributed by atoms with E-state index in [0.29, 0.717) is 24.2 Å². The molecule has 3 N–H and O–H groups in total. The van der Waals surface area contributed by atoms with Crippen LogP contribution in [0, 0.1) is 0 Å². The van der Waals surface area contributed by atoms with Crippen molar-refractivity contribution in [2.45, 2.75) is 51.1 Å². The van der Waals surface area contributed by atoms with Crippen molar-refractivity contribution in [3.05, 3.63) is 64.2 Å². The quantitative estimate of drug-likeness (QED) is 0.637. The van der Waals surface area contributed by atoms with E-state index in [4.69, 9.17) is 5.73 Å². The molecule has 1 atom stereocenters. The summed E-state index contributed by atoms with van der Waals surface area (Å²) in [6.45, 7) is 2.21. The lowest BCUT2D eigenvalue weighted by atomic mass is 9.93. The van der Waals surface area contributed by atoms with Crippen molar-refractivity contribution in [2.75, 3.05) is 18.0 Å². The Morgan fingerprint density at radius 3 is 2.62 bits per heavy atom. The molecule has 3 aliphatic rings. The van der Waals surface area contributed by atoms with Crippen LogP contribution < -0.4 is 16.0 Å². The Morgan fingerprint density at radius 1 is 1.00 bits per heavy atom. The van der Waals surface area contributed by atoms with Crippen molar-refractivity contribution in [3.8, 4) is 0 Å². The molecule has 4 amide bonds. The van der Waals surface area contributed by atoms with E-state index in [2.05, 4.69) is 28.4 Å². The summed E-state index contributed by atoms with van der Waals surface area (Å²) in [5, 5.41) is 2.23. The van der Waals surface area contributed by atoms with E-state index in [1.165, 1.54) is 16.8 Å². The minimum Gasteiger partial charge on any atom is -0.367 e. The monoisotopic (exact) mass is 460 g/mol. The van der Waals surface area contributed by atoms with Crippen LogP contribution in [0.4, 0.5) is 5.69 Å². The number of nitrogens with zero attached hydrogens (tertiary/aromatic N) is 2. The smallest absolute Gasteiger partial charge is 0.262 e. The first kappa shape index (κ1) is 22.3. The third-order valence-corrected chi connectivity index (χ3v) is 6.97. The number of benzene rings is 2. The molecule has 8 heteroatoms. The zero-order chi connectivity index (χ0) is 23.8. The molecule has 0 spiro atoms. The molecule has 34 heavy (non-hydrogen) atoms. The number of hydrogen-bond acceptors (Lipinski definition) is 6. The number of rotatable bonds is 6. The van der Waals surface area contributed by atoms with Crippen LogP contribution in [0.2, 0.25) is 0 Å². The summed E-state index contributed by atoms with van der Waals surface area (Å²) in [4.78, 5) is 53.2. The third-order valence-electron chi connectivity index (χ3n) is 6.97. The number of nitrogens with one attached hydrogen (secondary N) is 1. The molecule has 1 fully saturated rings. The standard InChI is InChI=1S/C26H28N4O4/c27-12-2-5-17-4-1-7-21-18(17)6-3-13-29(21)15-16-8-9-19-20(14-16)26(34)30(25(19)33)22-10-11-23(31)28-24(22)32/h1,4,7-9,14,22H,2-3,5-6,10-13,15,27H2,(H,28,31,32).